The van der Waals surface area contributed by atoms with E-state index in [2.05, 4.69) is 31.7 Å². The molecular weight excluding hydrogens is 274 g/mol. The summed E-state index contributed by atoms with van der Waals surface area (Å²) in [5.74, 6) is 0.166. The Morgan fingerprint density at radius 2 is 1.95 bits per heavy atom. The van der Waals surface area contributed by atoms with Gasteiger partial charge in [-0.3, -0.25) is 4.90 Å². The molecule has 3 heteroatoms. The largest absolute Gasteiger partial charge is 0.465 e. The smallest absolute Gasteiger partial charge is 0.338 e. The molecule has 1 aromatic carbocycles. The molecule has 1 aliphatic carbocycles. The van der Waals surface area contributed by atoms with Gasteiger partial charge in [0.2, 0.25) is 0 Å². The van der Waals surface area contributed by atoms with Crippen molar-refractivity contribution in [2.75, 3.05) is 20.2 Å². The third kappa shape index (κ3) is 3.35. The summed E-state index contributed by atoms with van der Waals surface area (Å²) in [5, 5.41) is 0. The van der Waals surface area contributed by atoms with Crippen LogP contribution in [-0.2, 0) is 11.2 Å². The number of methoxy groups -OCH3 is 1. The van der Waals surface area contributed by atoms with Crippen LogP contribution in [-0.4, -0.2) is 37.1 Å². The Morgan fingerprint density at radius 3 is 2.55 bits per heavy atom. The number of benzene rings is 1. The fourth-order valence-corrected chi connectivity index (χ4v) is 3.92. The summed E-state index contributed by atoms with van der Waals surface area (Å²) < 4.78 is 4.99. The minimum atomic E-state index is -0.207. The first-order chi connectivity index (χ1) is 10.6. The van der Waals surface area contributed by atoms with Crippen LogP contribution in [0, 0.1) is 0 Å². The van der Waals surface area contributed by atoms with Crippen molar-refractivity contribution in [2.24, 2.45) is 0 Å². The van der Waals surface area contributed by atoms with Crippen molar-refractivity contribution in [2.45, 2.75) is 58.4 Å². The zero-order valence-corrected chi connectivity index (χ0v) is 14.4. The van der Waals surface area contributed by atoms with Crippen LogP contribution < -0.4 is 0 Å². The number of carbonyl (C=O) groups is 1. The van der Waals surface area contributed by atoms with Gasteiger partial charge in [-0.1, -0.05) is 32.9 Å². The fraction of sp³-hybridized carbons (Fsp3) is 0.632. The Hall–Kier alpha value is -1.35. The van der Waals surface area contributed by atoms with E-state index in [4.69, 9.17) is 4.74 Å². The molecule has 0 saturated carbocycles. The number of aryl methyl sites for hydroxylation is 1. The summed E-state index contributed by atoms with van der Waals surface area (Å²) in [7, 11) is 1.47. The molecule has 0 fully saturated rings. The molecule has 0 amide bonds. The van der Waals surface area contributed by atoms with Crippen LogP contribution in [0.1, 0.15) is 67.4 Å². The van der Waals surface area contributed by atoms with Crippen molar-refractivity contribution in [3.8, 4) is 0 Å². The molecule has 122 valence electrons. The number of fused-ring (bicyclic) bond motifs is 1. The van der Waals surface area contributed by atoms with Crippen LogP contribution in [0.15, 0.2) is 18.2 Å². The molecule has 0 heterocycles. The van der Waals surface area contributed by atoms with Crippen molar-refractivity contribution < 1.29 is 9.53 Å². The number of ether oxygens (including phenoxy) is 1. The molecule has 0 radical (unpaired) electrons. The van der Waals surface area contributed by atoms with Crippen LogP contribution in [0.3, 0.4) is 0 Å². The minimum absolute atomic E-state index is 0.207. The van der Waals surface area contributed by atoms with Gasteiger partial charge in [0.1, 0.15) is 0 Å². The Bertz CT molecular complexity index is 506. The van der Waals surface area contributed by atoms with Crippen molar-refractivity contribution >= 4 is 5.97 Å². The maximum atomic E-state index is 12.1. The van der Waals surface area contributed by atoms with Crippen molar-refractivity contribution in [3.05, 3.63) is 34.9 Å². The highest BCUT2D eigenvalue weighted by Crippen LogP contribution is 2.37. The van der Waals surface area contributed by atoms with E-state index in [9.17, 15) is 4.79 Å². The topological polar surface area (TPSA) is 29.5 Å². The molecule has 0 unspecified atom stereocenters. The van der Waals surface area contributed by atoms with Gasteiger partial charge < -0.3 is 4.74 Å². The molecule has 3 nitrogen and oxygen atoms in total. The van der Waals surface area contributed by atoms with Gasteiger partial charge >= 0.3 is 5.97 Å². The van der Waals surface area contributed by atoms with Crippen LogP contribution in [0.2, 0.25) is 0 Å². The summed E-state index contributed by atoms with van der Waals surface area (Å²) in [4.78, 5) is 14.7. The zero-order valence-electron chi connectivity index (χ0n) is 14.4. The quantitative estimate of drug-likeness (QED) is 0.744. The Kier molecular flexibility index (Phi) is 6.01. The molecule has 0 N–H and O–H groups in total. The highest BCUT2D eigenvalue weighted by molar-refractivity contribution is 5.91. The number of rotatable bonds is 6. The van der Waals surface area contributed by atoms with Gasteiger partial charge in [0, 0.05) is 6.04 Å². The molecule has 22 heavy (non-hydrogen) atoms. The summed E-state index contributed by atoms with van der Waals surface area (Å²) in [6.45, 7) is 9.03. The van der Waals surface area contributed by atoms with Crippen LogP contribution in [0.5, 0.6) is 0 Å². The second-order valence-electron chi connectivity index (χ2n) is 6.30. The summed E-state index contributed by atoms with van der Waals surface area (Å²) >= 11 is 0. The monoisotopic (exact) mass is 303 g/mol. The van der Waals surface area contributed by atoms with Crippen LogP contribution in [0.25, 0.3) is 0 Å². The average Bonchev–Trinajstić information content (AvgIpc) is 2.54. The van der Waals surface area contributed by atoms with Crippen molar-refractivity contribution in [1.29, 1.82) is 0 Å². The summed E-state index contributed by atoms with van der Waals surface area (Å²) in [6.07, 6.45) is 4.58. The minimum Gasteiger partial charge on any atom is -0.465 e. The van der Waals surface area contributed by atoms with Gasteiger partial charge in [-0.15, -0.1) is 0 Å². The Balaban J connectivity index is 2.35. The highest BCUT2D eigenvalue weighted by atomic mass is 16.5. The van der Waals surface area contributed by atoms with E-state index in [1.165, 1.54) is 37.5 Å². The lowest BCUT2D eigenvalue weighted by Crippen LogP contribution is -2.42. The molecule has 2 atom stereocenters. The van der Waals surface area contributed by atoms with Crippen molar-refractivity contribution in [1.82, 2.24) is 4.90 Å². The number of nitrogens with zero attached hydrogens (tertiary/aromatic N) is 1. The SMILES string of the molecule is CCCN(CCC)[C@@H]1CCc2cccc(C(=O)OC)c2[C@@H]1C. The second-order valence-corrected chi connectivity index (χ2v) is 6.30. The van der Waals surface area contributed by atoms with E-state index in [0.29, 0.717) is 12.0 Å². The highest BCUT2D eigenvalue weighted by Gasteiger charge is 2.33. The summed E-state index contributed by atoms with van der Waals surface area (Å²) in [5.41, 5.74) is 3.28. The first-order valence-electron chi connectivity index (χ1n) is 8.58. The Labute approximate surface area is 134 Å². The first-order valence-corrected chi connectivity index (χ1v) is 8.58. The maximum absolute atomic E-state index is 12.1. The van der Waals surface area contributed by atoms with E-state index >= 15 is 0 Å². The molecule has 0 aliphatic heterocycles. The van der Waals surface area contributed by atoms with Gasteiger partial charge in [-0.25, -0.2) is 4.79 Å². The van der Waals surface area contributed by atoms with Gasteiger partial charge in [-0.2, -0.15) is 0 Å². The van der Waals surface area contributed by atoms with E-state index in [1.807, 2.05) is 12.1 Å². The summed E-state index contributed by atoms with van der Waals surface area (Å²) in [6, 6.07) is 6.58. The molecule has 0 saturated heterocycles. The number of esters is 1. The van der Waals surface area contributed by atoms with Gasteiger partial charge in [0.05, 0.1) is 12.7 Å². The maximum Gasteiger partial charge on any atom is 0.338 e. The molecule has 0 bridgehead atoms. The lowest BCUT2D eigenvalue weighted by molar-refractivity contribution is 0.0596. The van der Waals surface area contributed by atoms with Crippen LogP contribution >= 0.6 is 0 Å². The van der Waals surface area contributed by atoms with Gasteiger partial charge in [-0.05, 0) is 61.9 Å². The predicted octanol–water partition coefficient (Wildman–Crippen LogP) is 4.01. The molecule has 1 aromatic rings. The number of hydrogen-bond donors (Lipinski definition) is 0. The molecule has 1 aliphatic rings. The zero-order chi connectivity index (χ0) is 16.1. The lowest BCUT2D eigenvalue weighted by atomic mass is 9.77. The van der Waals surface area contributed by atoms with E-state index in [0.717, 1.165) is 25.1 Å². The third-order valence-corrected chi connectivity index (χ3v) is 4.83. The van der Waals surface area contributed by atoms with Gasteiger partial charge in [0.15, 0.2) is 0 Å². The van der Waals surface area contributed by atoms with Crippen LogP contribution in [0.4, 0.5) is 0 Å². The van der Waals surface area contributed by atoms with E-state index in [1.54, 1.807) is 0 Å². The standard InChI is InChI=1S/C19H29NO2/c1-5-12-20(13-6-2)17-11-10-15-8-7-9-16(19(21)22-4)18(15)14(17)3/h7-9,14,17H,5-6,10-13H2,1-4H3/t14-,17-/m1/s1. The second kappa shape index (κ2) is 7.77. The lowest BCUT2D eigenvalue weighted by Gasteiger charge is -2.40. The fourth-order valence-electron chi connectivity index (χ4n) is 3.92. The van der Waals surface area contributed by atoms with E-state index < -0.39 is 0 Å². The van der Waals surface area contributed by atoms with E-state index in [-0.39, 0.29) is 5.97 Å². The molecular formula is C19H29NO2. The molecule has 2 rings (SSSR count). The first kappa shape index (κ1) is 17.0. The number of carbonyl (C=O) groups excluding carboxylic acids is 1. The van der Waals surface area contributed by atoms with Crippen molar-refractivity contribution in [3.63, 3.8) is 0 Å². The molecule has 0 spiro atoms. The molecule has 0 aromatic heterocycles. The normalized spacial score (nSPS) is 20.8. The number of hydrogen-bond acceptors (Lipinski definition) is 3. The predicted molar refractivity (Wildman–Crippen MR) is 90.5 cm³/mol. The third-order valence-electron chi connectivity index (χ3n) is 4.83. The average molecular weight is 303 g/mol. The van der Waals surface area contributed by atoms with Gasteiger partial charge in [0.25, 0.3) is 0 Å². The Morgan fingerprint density at radius 1 is 1.27 bits per heavy atom.